The third-order valence-electron chi connectivity index (χ3n) is 5.49. The molecule has 7 nitrogen and oxygen atoms in total. The van der Waals surface area contributed by atoms with Gasteiger partial charge < -0.3 is 10.2 Å². The van der Waals surface area contributed by atoms with E-state index >= 15 is 0 Å². The van der Waals surface area contributed by atoms with Gasteiger partial charge in [0, 0.05) is 26.2 Å². The zero-order valence-electron chi connectivity index (χ0n) is 17.9. The van der Waals surface area contributed by atoms with Crippen LogP contribution in [-0.2, 0) is 11.0 Å². The first-order chi connectivity index (χ1) is 16.2. The lowest BCUT2D eigenvalue weighted by atomic mass is 10.1. The molecule has 3 aromatic rings. The molecule has 0 radical (unpaired) electrons. The van der Waals surface area contributed by atoms with Crippen molar-refractivity contribution in [2.24, 2.45) is 0 Å². The lowest BCUT2D eigenvalue weighted by Crippen LogP contribution is -2.49. The number of amides is 1. The second kappa shape index (κ2) is 9.86. The molecule has 1 saturated heterocycles. The fourth-order valence-corrected chi connectivity index (χ4v) is 4.03. The van der Waals surface area contributed by atoms with E-state index in [-0.39, 0.29) is 17.3 Å². The molecule has 2 heterocycles. The van der Waals surface area contributed by atoms with Crippen LogP contribution in [0.25, 0.3) is 5.69 Å². The van der Waals surface area contributed by atoms with E-state index in [0.717, 1.165) is 6.07 Å². The number of carbonyl (C=O) groups excluding carboxylic acids is 1. The van der Waals surface area contributed by atoms with Gasteiger partial charge in [-0.3, -0.25) is 14.5 Å². The third kappa shape index (κ3) is 5.23. The Hall–Kier alpha value is -3.37. The summed E-state index contributed by atoms with van der Waals surface area (Å²) in [4.78, 5) is 28.8. The molecule has 0 aliphatic carbocycles. The summed E-state index contributed by atoms with van der Waals surface area (Å²) in [6.45, 7) is 1.83. The lowest BCUT2D eigenvalue weighted by molar-refractivity contribution is -0.137. The molecule has 1 N–H and O–H groups in total. The van der Waals surface area contributed by atoms with Gasteiger partial charge in [-0.05, 0) is 24.3 Å². The highest BCUT2D eigenvalue weighted by Gasteiger charge is 2.33. The van der Waals surface area contributed by atoms with Gasteiger partial charge in [0.05, 0.1) is 35.4 Å². The van der Waals surface area contributed by atoms with E-state index in [1.54, 1.807) is 24.3 Å². The van der Waals surface area contributed by atoms with Crippen LogP contribution in [0.1, 0.15) is 5.56 Å². The van der Waals surface area contributed by atoms with Crippen molar-refractivity contribution in [1.82, 2.24) is 14.7 Å². The second-order valence-electron chi connectivity index (χ2n) is 7.75. The average molecular weight is 492 g/mol. The maximum absolute atomic E-state index is 13.1. The number of hydrogen-bond donors (Lipinski definition) is 1. The minimum absolute atomic E-state index is 0.0498. The van der Waals surface area contributed by atoms with Gasteiger partial charge in [0.25, 0.3) is 5.56 Å². The van der Waals surface area contributed by atoms with Gasteiger partial charge in [-0.2, -0.15) is 23.0 Å². The van der Waals surface area contributed by atoms with Crippen LogP contribution in [0.2, 0.25) is 5.02 Å². The van der Waals surface area contributed by atoms with E-state index < -0.39 is 23.2 Å². The molecular weight excluding hydrogens is 471 g/mol. The molecule has 1 aliphatic rings. The number of aromatic nitrogens is 2. The molecule has 4 rings (SSSR count). The van der Waals surface area contributed by atoms with Crippen molar-refractivity contribution in [3.05, 3.63) is 81.7 Å². The predicted octanol–water partition coefficient (Wildman–Crippen LogP) is 3.67. The van der Waals surface area contributed by atoms with Crippen LogP contribution in [0, 0.1) is 0 Å². The number of halogens is 4. The summed E-state index contributed by atoms with van der Waals surface area (Å²) in [5.41, 5.74) is -0.488. The van der Waals surface area contributed by atoms with Crippen molar-refractivity contribution < 1.29 is 18.0 Å². The number of hydrogen-bond acceptors (Lipinski definition) is 5. The largest absolute Gasteiger partial charge is 0.418 e. The van der Waals surface area contributed by atoms with Gasteiger partial charge >= 0.3 is 6.18 Å². The Balaban J connectivity index is 1.37. The molecule has 1 amide bonds. The maximum Gasteiger partial charge on any atom is 0.418 e. The van der Waals surface area contributed by atoms with Crippen molar-refractivity contribution in [3.63, 3.8) is 0 Å². The van der Waals surface area contributed by atoms with Gasteiger partial charge in [-0.25, -0.2) is 0 Å². The Labute approximate surface area is 198 Å². The average Bonchev–Trinajstić information content (AvgIpc) is 2.82. The molecule has 0 atom stereocenters. The number of rotatable bonds is 5. The predicted molar refractivity (Wildman–Crippen MR) is 124 cm³/mol. The highest BCUT2D eigenvalue weighted by molar-refractivity contribution is 6.33. The summed E-state index contributed by atoms with van der Waals surface area (Å²) in [5.74, 6) is -0.532. The van der Waals surface area contributed by atoms with E-state index in [1.165, 1.54) is 29.1 Å². The van der Waals surface area contributed by atoms with Crippen LogP contribution in [0.4, 0.5) is 24.5 Å². The van der Waals surface area contributed by atoms with Crippen LogP contribution in [0.3, 0.4) is 0 Å². The highest BCUT2D eigenvalue weighted by Crippen LogP contribution is 2.34. The van der Waals surface area contributed by atoms with Crippen LogP contribution < -0.4 is 15.8 Å². The molecule has 0 spiro atoms. The van der Waals surface area contributed by atoms with Gasteiger partial charge in [-0.15, -0.1) is 0 Å². The first-order valence-corrected chi connectivity index (χ1v) is 10.9. The minimum Gasteiger partial charge on any atom is -0.366 e. The van der Waals surface area contributed by atoms with Gasteiger partial charge in [0.2, 0.25) is 5.91 Å². The fourth-order valence-electron chi connectivity index (χ4n) is 3.78. The van der Waals surface area contributed by atoms with Crippen LogP contribution in [0.5, 0.6) is 0 Å². The normalized spacial score (nSPS) is 14.8. The number of piperazine rings is 1. The molecule has 1 aliphatic heterocycles. The van der Waals surface area contributed by atoms with Crippen molar-refractivity contribution in [3.8, 4) is 5.69 Å². The summed E-state index contributed by atoms with van der Waals surface area (Å²) < 4.78 is 40.6. The van der Waals surface area contributed by atoms with Crippen molar-refractivity contribution >= 4 is 28.9 Å². The molecule has 178 valence electrons. The van der Waals surface area contributed by atoms with E-state index in [4.69, 9.17) is 11.6 Å². The fraction of sp³-hybridized carbons (Fsp3) is 0.261. The van der Waals surface area contributed by atoms with E-state index in [2.05, 4.69) is 10.4 Å². The Morgan fingerprint density at radius 3 is 2.32 bits per heavy atom. The molecule has 2 aromatic carbocycles. The van der Waals surface area contributed by atoms with Crippen LogP contribution >= 0.6 is 11.6 Å². The summed E-state index contributed by atoms with van der Waals surface area (Å²) >= 11 is 6.36. The molecule has 1 fully saturated rings. The Bertz CT molecular complexity index is 1230. The number of carbonyl (C=O) groups is 1. The third-order valence-corrected chi connectivity index (χ3v) is 5.84. The van der Waals surface area contributed by atoms with Crippen LogP contribution in [-0.4, -0.2) is 53.3 Å². The zero-order valence-corrected chi connectivity index (χ0v) is 18.7. The van der Waals surface area contributed by atoms with E-state index in [9.17, 15) is 22.8 Å². The number of para-hydroxylation sites is 2. The Morgan fingerprint density at radius 1 is 1.00 bits per heavy atom. The van der Waals surface area contributed by atoms with Gasteiger partial charge in [0.15, 0.2) is 0 Å². The molecule has 34 heavy (non-hydrogen) atoms. The Kier molecular flexibility index (Phi) is 6.90. The molecule has 1 aromatic heterocycles. The molecule has 0 unspecified atom stereocenters. The van der Waals surface area contributed by atoms with Crippen molar-refractivity contribution in [1.29, 1.82) is 0 Å². The number of anilines is 2. The van der Waals surface area contributed by atoms with Gasteiger partial charge in [0.1, 0.15) is 5.02 Å². The number of nitrogens with zero attached hydrogens (tertiary/aromatic N) is 4. The van der Waals surface area contributed by atoms with Crippen LogP contribution in [0.15, 0.2) is 65.6 Å². The quantitative estimate of drug-likeness (QED) is 0.590. The smallest absolute Gasteiger partial charge is 0.366 e. The lowest BCUT2D eigenvalue weighted by Gasteiger charge is -2.35. The van der Waals surface area contributed by atoms with Gasteiger partial charge in [-0.1, -0.05) is 41.9 Å². The molecular formula is C23H21ClF3N5O2. The summed E-state index contributed by atoms with van der Waals surface area (Å²) in [6.07, 6.45) is -3.02. The summed E-state index contributed by atoms with van der Waals surface area (Å²) in [7, 11) is 0. The molecule has 0 saturated carbocycles. The first-order valence-electron chi connectivity index (χ1n) is 10.5. The standard InChI is InChI=1S/C23H21ClF3N5O2/c24-21-19(14-28-32(22(21)34)16-6-2-1-3-7-16)31-12-10-30(11-13-31)15-20(33)29-18-9-5-4-8-17(18)23(25,26)27/h1-9,14H,10-13,15H2,(H,29,33). The summed E-state index contributed by atoms with van der Waals surface area (Å²) in [6, 6.07) is 13.8. The topological polar surface area (TPSA) is 70.5 Å². The summed E-state index contributed by atoms with van der Waals surface area (Å²) in [5, 5.41) is 6.64. The number of nitrogens with one attached hydrogen (secondary N) is 1. The number of benzene rings is 2. The number of alkyl halides is 3. The zero-order chi connectivity index (χ0) is 24.3. The SMILES string of the molecule is O=C(CN1CCN(c2cnn(-c3ccccc3)c(=O)c2Cl)CC1)Nc1ccccc1C(F)(F)F. The van der Waals surface area contributed by atoms with E-state index in [0.29, 0.717) is 37.6 Å². The monoisotopic (exact) mass is 491 g/mol. The maximum atomic E-state index is 13.1. The molecule has 0 bridgehead atoms. The first kappa shape index (κ1) is 23.8. The highest BCUT2D eigenvalue weighted by atomic mass is 35.5. The second-order valence-corrected chi connectivity index (χ2v) is 8.13. The Morgan fingerprint density at radius 2 is 1.65 bits per heavy atom. The minimum atomic E-state index is -4.56. The van der Waals surface area contributed by atoms with Crippen molar-refractivity contribution in [2.75, 3.05) is 42.9 Å². The molecule has 11 heteroatoms. The van der Waals surface area contributed by atoms with Crippen molar-refractivity contribution in [2.45, 2.75) is 6.18 Å². The van der Waals surface area contributed by atoms with E-state index in [1.807, 2.05) is 15.9 Å².